The van der Waals surface area contributed by atoms with Gasteiger partial charge >= 0.3 is 0 Å². The van der Waals surface area contributed by atoms with Crippen LogP contribution in [0.25, 0.3) is 10.9 Å². The van der Waals surface area contributed by atoms with Crippen molar-refractivity contribution >= 4 is 22.5 Å². The van der Waals surface area contributed by atoms with E-state index in [2.05, 4.69) is 4.98 Å². The first-order valence-corrected chi connectivity index (χ1v) is 4.26. The van der Waals surface area contributed by atoms with Crippen LogP contribution in [-0.4, -0.2) is 4.98 Å². The lowest BCUT2D eigenvalue weighted by Crippen LogP contribution is -1.95. The molecule has 0 fully saturated rings. The quantitative estimate of drug-likeness (QED) is 0.726. The van der Waals surface area contributed by atoms with E-state index in [0.29, 0.717) is 11.9 Å². The standard InChI is InChI=1S/C9H8ClFN2/c10-6-1-2-7-8(9(6)11)5(3-12)4-13-7/h1-2,4,13H,3,12H2. The molecule has 0 aliphatic carbocycles. The van der Waals surface area contributed by atoms with Crippen LogP contribution in [0, 0.1) is 5.82 Å². The molecular weight excluding hydrogens is 191 g/mol. The van der Waals surface area contributed by atoms with Gasteiger partial charge in [-0.15, -0.1) is 0 Å². The van der Waals surface area contributed by atoms with Crippen LogP contribution in [0.15, 0.2) is 18.3 Å². The first-order chi connectivity index (χ1) is 6.24. The van der Waals surface area contributed by atoms with E-state index >= 15 is 0 Å². The molecule has 0 aliphatic heterocycles. The third kappa shape index (κ3) is 1.20. The summed E-state index contributed by atoms with van der Waals surface area (Å²) in [5, 5.41) is 0.622. The summed E-state index contributed by atoms with van der Waals surface area (Å²) in [6, 6.07) is 3.26. The van der Waals surface area contributed by atoms with E-state index in [1.165, 1.54) is 6.07 Å². The SMILES string of the molecule is NCc1c[nH]c2ccc(Cl)c(F)c12. The van der Waals surface area contributed by atoms with Gasteiger partial charge in [0.1, 0.15) is 0 Å². The highest BCUT2D eigenvalue weighted by molar-refractivity contribution is 6.31. The van der Waals surface area contributed by atoms with Crippen molar-refractivity contribution < 1.29 is 4.39 Å². The fourth-order valence-corrected chi connectivity index (χ4v) is 1.54. The fraction of sp³-hybridized carbons (Fsp3) is 0.111. The Bertz CT molecular complexity index is 450. The molecule has 0 aliphatic rings. The molecular formula is C9H8ClFN2. The van der Waals surface area contributed by atoms with E-state index in [0.717, 1.165) is 11.1 Å². The van der Waals surface area contributed by atoms with Gasteiger partial charge in [0.25, 0.3) is 0 Å². The first kappa shape index (κ1) is 8.53. The summed E-state index contributed by atoms with van der Waals surface area (Å²) in [6.07, 6.45) is 1.70. The molecule has 0 radical (unpaired) electrons. The van der Waals surface area contributed by atoms with Gasteiger partial charge in [-0.25, -0.2) is 4.39 Å². The van der Waals surface area contributed by atoms with Gasteiger partial charge in [0.05, 0.1) is 5.02 Å². The molecule has 0 bridgehead atoms. The van der Waals surface area contributed by atoms with Gasteiger partial charge in [-0.3, -0.25) is 0 Å². The van der Waals surface area contributed by atoms with Crippen molar-refractivity contribution in [1.29, 1.82) is 0 Å². The minimum absolute atomic E-state index is 0.127. The highest BCUT2D eigenvalue weighted by Gasteiger charge is 2.10. The lowest BCUT2D eigenvalue weighted by atomic mass is 10.1. The summed E-state index contributed by atoms with van der Waals surface area (Å²) in [5.74, 6) is -0.402. The number of aromatic nitrogens is 1. The second kappa shape index (κ2) is 3.01. The van der Waals surface area contributed by atoms with Gasteiger partial charge in [-0.2, -0.15) is 0 Å². The highest BCUT2D eigenvalue weighted by Crippen LogP contribution is 2.26. The minimum atomic E-state index is -0.402. The lowest BCUT2D eigenvalue weighted by Gasteiger charge is -1.98. The number of nitrogens with two attached hydrogens (primary N) is 1. The number of hydrogen-bond donors (Lipinski definition) is 2. The average molecular weight is 199 g/mol. The lowest BCUT2D eigenvalue weighted by molar-refractivity contribution is 0.639. The molecule has 13 heavy (non-hydrogen) atoms. The zero-order valence-electron chi connectivity index (χ0n) is 6.77. The van der Waals surface area contributed by atoms with Crippen molar-refractivity contribution in [1.82, 2.24) is 4.98 Å². The Kier molecular flexibility index (Phi) is 1.98. The van der Waals surface area contributed by atoms with E-state index in [9.17, 15) is 4.39 Å². The predicted molar refractivity (Wildman–Crippen MR) is 51.2 cm³/mol. The number of nitrogens with one attached hydrogen (secondary N) is 1. The fourth-order valence-electron chi connectivity index (χ4n) is 1.38. The Morgan fingerprint density at radius 1 is 1.46 bits per heavy atom. The van der Waals surface area contributed by atoms with Crippen LogP contribution in [0.3, 0.4) is 0 Å². The van der Waals surface area contributed by atoms with Crippen molar-refractivity contribution in [3.63, 3.8) is 0 Å². The number of fused-ring (bicyclic) bond motifs is 1. The summed E-state index contributed by atoms with van der Waals surface area (Å²) in [6.45, 7) is 0.303. The summed E-state index contributed by atoms with van der Waals surface area (Å²) in [4.78, 5) is 2.93. The molecule has 1 heterocycles. The number of aromatic amines is 1. The Morgan fingerprint density at radius 2 is 2.23 bits per heavy atom. The first-order valence-electron chi connectivity index (χ1n) is 3.88. The molecule has 0 spiro atoms. The third-order valence-electron chi connectivity index (χ3n) is 2.04. The van der Waals surface area contributed by atoms with Crippen LogP contribution in [0.1, 0.15) is 5.56 Å². The van der Waals surface area contributed by atoms with E-state index < -0.39 is 5.82 Å². The molecule has 68 valence electrons. The van der Waals surface area contributed by atoms with Crippen molar-refractivity contribution in [2.45, 2.75) is 6.54 Å². The average Bonchev–Trinajstić information content (AvgIpc) is 2.55. The number of H-pyrrole nitrogens is 1. The normalized spacial score (nSPS) is 11.0. The maximum Gasteiger partial charge on any atom is 0.151 e. The van der Waals surface area contributed by atoms with Gasteiger partial charge in [0.15, 0.2) is 5.82 Å². The Morgan fingerprint density at radius 3 is 2.92 bits per heavy atom. The highest BCUT2D eigenvalue weighted by atomic mass is 35.5. The predicted octanol–water partition coefficient (Wildman–Crippen LogP) is 2.42. The van der Waals surface area contributed by atoms with Crippen LogP contribution in [0.5, 0.6) is 0 Å². The summed E-state index contributed by atoms with van der Waals surface area (Å²) in [7, 11) is 0. The van der Waals surface area contributed by atoms with Crippen LogP contribution < -0.4 is 5.73 Å². The summed E-state index contributed by atoms with van der Waals surface area (Å²) < 4.78 is 13.5. The molecule has 2 nitrogen and oxygen atoms in total. The molecule has 0 saturated heterocycles. The number of rotatable bonds is 1. The zero-order chi connectivity index (χ0) is 9.42. The van der Waals surface area contributed by atoms with Crippen LogP contribution in [0.2, 0.25) is 5.02 Å². The largest absolute Gasteiger partial charge is 0.361 e. The molecule has 3 N–H and O–H groups in total. The topological polar surface area (TPSA) is 41.8 Å². The second-order valence-electron chi connectivity index (χ2n) is 2.80. The summed E-state index contributed by atoms with van der Waals surface area (Å²) in [5.41, 5.74) is 6.92. The summed E-state index contributed by atoms with van der Waals surface area (Å²) >= 11 is 5.64. The third-order valence-corrected chi connectivity index (χ3v) is 2.33. The van der Waals surface area contributed by atoms with E-state index in [-0.39, 0.29) is 5.02 Å². The Hall–Kier alpha value is -1.06. The molecule has 4 heteroatoms. The minimum Gasteiger partial charge on any atom is -0.361 e. The molecule has 1 aromatic carbocycles. The molecule has 0 unspecified atom stereocenters. The van der Waals surface area contributed by atoms with Crippen molar-refractivity contribution in [3.05, 3.63) is 34.7 Å². The van der Waals surface area contributed by atoms with Crippen LogP contribution in [-0.2, 0) is 6.54 Å². The smallest absolute Gasteiger partial charge is 0.151 e. The molecule has 0 atom stereocenters. The van der Waals surface area contributed by atoms with Crippen molar-refractivity contribution in [3.8, 4) is 0 Å². The van der Waals surface area contributed by atoms with Crippen molar-refractivity contribution in [2.75, 3.05) is 0 Å². The van der Waals surface area contributed by atoms with Gasteiger partial charge in [-0.1, -0.05) is 11.6 Å². The van der Waals surface area contributed by atoms with Gasteiger partial charge in [0.2, 0.25) is 0 Å². The van der Waals surface area contributed by atoms with E-state index in [4.69, 9.17) is 17.3 Å². The van der Waals surface area contributed by atoms with Crippen molar-refractivity contribution in [2.24, 2.45) is 5.73 Å². The number of benzene rings is 1. The monoisotopic (exact) mass is 198 g/mol. The molecule has 2 aromatic rings. The molecule has 0 saturated carbocycles. The molecule has 0 amide bonds. The molecule has 1 aromatic heterocycles. The maximum atomic E-state index is 13.5. The van der Waals surface area contributed by atoms with Crippen LogP contribution in [0.4, 0.5) is 4.39 Å². The second-order valence-corrected chi connectivity index (χ2v) is 3.21. The van der Waals surface area contributed by atoms with Crippen LogP contribution >= 0.6 is 11.6 Å². The number of halogens is 2. The Balaban J connectivity index is 2.85. The maximum absolute atomic E-state index is 13.5. The van der Waals surface area contributed by atoms with Gasteiger partial charge in [-0.05, 0) is 17.7 Å². The van der Waals surface area contributed by atoms with Gasteiger partial charge < -0.3 is 10.7 Å². The molecule has 2 rings (SSSR count). The zero-order valence-corrected chi connectivity index (χ0v) is 7.53. The Labute approximate surface area is 79.5 Å². The van der Waals surface area contributed by atoms with E-state index in [1.807, 2.05) is 0 Å². The number of hydrogen-bond acceptors (Lipinski definition) is 1. The van der Waals surface area contributed by atoms with Gasteiger partial charge in [0, 0.05) is 23.6 Å². The van der Waals surface area contributed by atoms with E-state index in [1.54, 1.807) is 12.3 Å².